The van der Waals surface area contributed by atoms with Crippen molar-refractivity contribution in [1.82, 2.24) is 15.2 Å². The van der Waals surface area contributed by atoms with Crippen LogP contribution in [0.5, 0.6) is 5.75 Å². The molecule has 0 fully saturated rings. The Hall–Kier alpha value is -2.37. The number of hydrogen-bond donors (Lipinski definition) is 2. The Kier molecular flexibility index (Phi) is 3.79. The number of ether oxygens (including phenoxy) is 1. The summed E-state index contributed by atoms with van der Waals surface area (Å²) in [4.78, 5) is 15.5. The van der Waals surface area contributed by atoms with Gasteiger partial charge in [0.15, 0.2) is 6.61 Å². The highest BCUT2D eigenvalue weighted by Gasteiger charge is 2.10. The van der Waals surface area contributed by atoms with Gasteiger partial charge in [0.05, 0.1) is 0 Å². The molecular formula is C13H16N4O2. The Morgan fingerprint density at radius 2 is 2.05 bits per heavy atom. The number of H-pyrrole nitrogens is 1. The molecule has 1 aromatic carbocycles. The molecule has 0 atom stereocenters. The number of hydrogen-bond acceptors (Lipinski definition) is 4. The van der Waals surface area contributed by atoms with Crippen molar-refractivity contribution in [2.75, 3.05) is 11.9 Å². The highest BCUT2D eigenvalue weighted by atomic mass is 16.5. The molecule has 100 valence electrons. The Morgan fingerprint density at radius 1 is 1.32 bits per heavy atom. The molecule has 0 radical (unpaired) electrons. The topological polar surface area (TPSA) is 79.9 Å². The van der Waals surface area contributed by atoms with Crippen molar-refractivity contribution in [1.29, 1.82) is 0 Å². The Bertz CT molecular complexity index is 579. The number of aromatic amines is 1. The molecule has 0 aliphatic heterocycles. The summed E-state index contributed by atoms with van der Waals surface area (Å²) < 4.78 is 5.58. The lowest BCUT2D eigenvalue weighted by molar-refractivity contribution is -0.118. The summed E-state index contributed by atoms with van der Waals surface area (Å²) in [5.41, 5.74) is 3.19. The molecule has 0 saturated carbocycles. The van der Waals surface area contributed by atoms with Gasteiger partial charge in [-0.05, 0) is 37.5 Å². The van der Waals surface area contributed by atoms with E-state index >= 15 is 0 Å². The van der Waals surface area contributed by atoms with Gasteiger partial charge in [-0.25, -0.2) is 5.10 Å². The average molecular weight is 260 g/mol. The second-order valence-electron chi connectivity index (χ2n) is 4.32. The smallest absolute Gasteiger partial charge is 0.264 e. The average Bonchev–Trinajstić information content (AvgIpc) is 2.87. The van der Waals surface area contributed by atoms with Crippen molar-refractivity contribution in [3.05, 3.63) is 35.2 Å². The van der Waals surface area contributed by atoms with Crippen LogP contribution in [-0.2, 0) is 4.79 Å². The zero-order valence-corrected chi connectivity index (χ0v) is 11.2. The largest absolute Gasteiger partial charge is 0.483 e. The molecule has 1 heterocycles. The first-order chi connectivity index (χ1) is 9.08. The zero-order chi connectivity index (χ0) is 13.8. The molecule has 2 N–H and O–H groups in total. The fraction of sp³-hybridized carbons (Fsp3) is 0.308. The van der Waals surface area contributed by atoms with E-state index in [1.54, 1.807) is 0 Å². The van der Waals surface area contributed by atoms with E-state index in [0.717, 1.165) is 22.4 Å². The van der Waals surface area contributed by atoms with E-state index < -0.39 is 0 Å². The van der Waals surface area contributed by atoms with E-state index in [0.29, 0.717) is 5.95 Å². The van der Waals surface area contributed by atoms with E-state index in [2.05, 4.69) is 20.5 Å². The van der Waals surface area contributed by atoms with Gasteiger partial charge in [-0.15, -0.1) is 0 Å². The molecule has 6 heteroatoms. The van der Waals surface area contributed by atoms with Crippen molar-refractivity contribution in [2.45, 2.75) is 20.8 Å². The standard InChI is InChI=1S/C13H16N4O2/c1-8-4-5-9(2)12(10(8)3)19-6-11(18)16-13-14-7-15-17-13/h4-5,7H,6H2,1-3H3,(H2,14,15,16,17,18). The third kappa shape index (κ3) is 3.09. The predicted molar refractivity (Wildman–Crippen MR) is 71.2 cm³/mol. The second kappa shape index (κ2) is 5.51. The number of rotatable bonds is 4. The third-order valence-electron chi connectivity index (χ3n) is 2.89. The summed E-state index contributed by atoms with van der Waals surface area (Å²) in [5.74, 6) is 0.788. The number of aromatic nitrogens is 3. The van der Waals surface area contributed by atoms with Gasteiger partial charge in [-0.2, -0.15) is 10.1 Å². The van der Waals surface area contributed by atoms with Crippen molar-refractivity contribution in [3.8, 4) is 5.75 Å². The maximum absolute atomic E-state index is 11.7. The molecule has 19 heavy (non-hydrogen) atoms. The lowest BCUT2D eigenvalue weighted by Crippen LogP contribution is -2.21. The summed E-state index contributed by atoms with van der Waals surface area (Å²) in [7, 11) is 0. The van der Waals surface area contributed by atoms with Crippen LogP contribution < -0.4 is 10.1 Å². The first-order valence-electron chi connectivity index (χ1n) is 5.92. The van der Waals surface area contributed by atoms with Crippen molar-refractivity contribution in [2.24, 2.45) is 0 Å². The molecular weight excluding hydrogens is 244 g/mol. The Balaban J connectivity index is 1.99. The highest BCUT2D eigenvalue weighted by molar-refractivity contribution is 5.90. The van der Waals surface area contributed by atoms with Crippen LogP contribution in [-0.4, -0.2) is 27.7 Å². The van der Waals surface area contributed by atoms with Gasteiger partial charge in [0, 0.05) is 0 Å². The van der Waals surface area contributed by atoms with Gasteiger partial charge in [0.25, 0.3) is 5.91 Å². The third-order valence-corrected chi connectivity index (χ3v) is 2.89. The lowest BCUT2D eigenvalue weighted by Gasteiger charge is -2.13. The van der Waals surface area contributed by atoms with Gasteiger partial charge in [-0.3, -0.25) is 10.1 Å². The van der Waals surface area contributed by atoms with Gasteiger partial charge >= 0.3 is 0 Å². The zero-order valence-electron chi connectivity index (χ0n) is 11.2. The van der Waals surface area contributed by atoms with Crippen LogP contribution in [0.3, 0.4) is 0 Å². The van der Waals surface area contributed by atoms with Crippen molar-refractivity contribution in [3.63, 3.8) is 0 Å². The Morgan fingerprint density at radius 3 is 2.74 bits per heavy atom. The van der Waals surface area contributed by atoms with Gasteiger partial charge in [0.1, 0.15) is 12.1 Å². The normalized spacial score (nSPS) is 10.3. The minimum atomic E-state index is -0.281. The van der Waals surface area contributed by atoms with Crippen LogP contribution in [0.4, 0.5) is 5.95 Å². The predicted octanol–water partition coefficient (Wildman–Crippen LogP) is 1.75. The van der Waals surface area contributed by atoms with Crippen molar-refractivity contribution < 1.29 is 9.53 Å². The molecule has 0 bridgehead atoms. The van der Waals surface area contributed by atoms with Crippen LogP contribution in [0.2, 0.25) is 0 Å². The number of nitrogens with one attached hydrogen (secondary N) is 2. The molecule has 0 aliphatic rings. The molecule has 0 saturated heterocycles. The molecule has 0 unspecified atom stereocenters. The van der Waals surface area contributed by atoms with E-state index in [9.17, 15) is 4.79 Å². The molecule has 6 nitrogen and oxygen atoms in total. The first-order valence-corrected chi connectivity index (χ1v) is 5.92. The van der Waals surface area contributed by atoms with Crippen LogP contribution >= 0.6 is 0 Å². The van der Waals surface area contributed by atoms with Gasteiger partial charge < -0.3 is 4.74 Å². The first kappa shape index (κ1) is 13.1. The Labute approximate surface area is 111 Å². The van der Waals surface area contributed by atoms with Crippen LogP contribution in [0.1, 0.15) is 16.7 Å². The number of aryl methyl sites for hydroxylation is 2. The lowest BCUT2D eigenvalue weighted by atomic mass is 10.1. The number of carbonyl (C=O) groups is 1. The fourth-order valence-electron chi connectivity index (χ4n) is 1.72. The number of benzene rings is 1. The van der Waals surface area contributed by atoms with Gasteiger partial charge in [0.2, 0.25) is 5.95 Å². The van der Waals surface area contributed by atoms with E-state index in [1.165, 1.54) is 6.33 Å². The summed E-state index contributed by atoms with van der Waals surface area (Å²) in [5, 5.41) is 8.74. The summed E-state index contributed by atoms with van der Waals surface area (Å²) in [6.07, 6.45) is 1.32. The maximum Gasteiger partial charge on any atom is 0.264 e. The minimum absolute atomic E-state index is 0.0637. The van der Waals surface area contributed by atoms with E-state index in [4.69, 9.17) is 4.74 Å². The number of amides is 1. The SMILES string of the molecule is Cc1ccc(C)c(OCC(=O)Nc2ncn[nH]2)c1C. The fourth-order valence-corrected chi connectivity index (χ4v) is 1.72. The van der Waals surface area contributed by atoms with E-state index in [1.807, 2.05) is 32.9 Å². The monoisotopic (exact) mass is 260 g/mol. The molecule has 0 spiro atoms. The quantitative estimate of drug-likeness (QED) is 0.877. The number of anilines is 1. The summed E-state index contributed by atoms with van der Waals surface area (Å²) >= 11 is 0. The maximum atomic E-state index is 11.7. The van der Waals surface area contributed by atoms with Crippen molar-refractivity contribution >= 4 is 11.9 Å². The minimum Gasteiger partial charge on any atom is -0.483 e. The molecule has 2 aromatic rings. The summed E-state index contributed by atoms with van der Waals surface area (Å²) in [6.45, 7) is 5.88. The van der Waals surface area contributed by atoms with Crippen LogP contribution in [0, 0.1) is 20.8 Å². The summed E-state index contributed by atoms with van der Waals surface area (Å²) in [6, 6.07) is 4.01. The van der Waals surface area contributed by atoms with E-state index in [-0.39, 0.29) is 12.5 Å². The second-order valence-corrected chi connectivity index (χ2v) is 4.32. The van der Waals surface area contributed by atoms with Crippen LogP contribution in [0.15, 0.2) is 18.5 Å². The molecule has 2 rings (SSSR count). The van der Waals surface area contributed by atoms with Gasteiger partial charge in [-0.1, -0.05) is 12.1 Å². The molecule has 1 amide bonds. The molecule has 1 aromatic heterocycles. The highest BCUT2D eigenvalue weighted by Crippen LogP contribution is 2.25. The van der Waals surface area contributed by atoms with Crippen LogP contribution in [0.25, 0.3) is 0 Å². The number of nitrogens with zero attached hydrogens (tertiary/aromatic N) is 2. The molecule has 0 aliphatic carbocycles. The number of carbonyl (C=O) groups excluding carboxylic acids is 1.